The number of aromatic hydroxyl groups is 1. The number of fused-ring (bicyclic) bond motifs is 1. The Morgan fingerprint density at radius 1 is 1.09 bits per heavy atom. The third-order valence-electron chi connectivity index (χ3n) is 4.00. The minimum absolute atomic E-state index is 0.126. The zero-order chi connectivity index (χ0) is 15.5. The molecule has 0 radical (unpaired) electrons. The zero-order valence-electron chi connectivity index (χ0n) is 12.2. The van der Waals surface area contributed by atoms with Gasteiger partial charge < -0.3 is 15.4 Å². The van der Waals surface area contributed by atoms with Gasteiger partial charge in [0.2, 0.25) is 0 Å². The Labute approximate surface area is 128 Å². The first kappa shape index (κ1) is 14.4. The van der Waals surface area contributed by atoms with E-state index in [0.29, 0.717) is 5.69 Å². The highest BCUT2D eigenvalue weighted by atomic mass is 16.3. The number of anilines is 1. The van der Waals surface area contributed by atoms with Crippen molar-refractivity contribution in [2.24, 2.45) is 0 Å². The molecule has 3 N–H and O–H groups in total. The van der Waals surface area contributed by atoms with Crippen LogP contribution in [-0.2, 0) is 12.8 Å². The van der Waals surface area contributed by atoms with E-state index in [1.165, 1.54) is 18.3 Å². The molecule has 0 fully saturated rings. The van der Waals surface area contributed by atoms with E-state index in [0.717, 1.165) is 43.4 Å². The van der Waals surface area contributed by atoms with Crippen LogP contribution in [0.15, 0.2) is 35.3 Å². The molecule has 1 heterocycles. The summed E-state index contributed by atoms with van der Waals surface area (Å²) in [6.07, 6.45) is 6.26. The van der Waals surface area contributed by atoms with Crippen LogP contribution in [0.5, 0.6) is 5.75 Å². The summed E-state index contributed by atoms with van der Waals surface area (Å²) in [5.41, 5.74) is 2.21. The van der Waals surface area contributed by atoms with Crippen LogP contribution in [0.25, 0.3) is 0 Å². The van der Waals surface area contributed by atoms with E-state index in [1.54, 1.807) is 12.1 Å². The molecule has 0 saturated heterocycles. The van der Waals surface area contributed by atoms with Crippen LogP contribution in [0.1, 0.15) is 40.9 Å². The van der Waals surface area contributed by atoms with Gasteiger partial charge in [-0.3, -0.25) is 9.59 Å². The van der Waals surface area contributed by atoms with E-state index in [9.17, 15) is 14.7 Å². The van der Waals surface area contributed by atoms with Gasteiger partial charge in [0.05, 0.1) is 0 Å². The molecule has 0 bridgehead atoms. The van der Waals surface area contributed by atoms with Crippen molar-refractivity contribution in [1.82, 2.24) is 4.98 Å². The van der Waals surface area contributed by atoms with E-state index in [4.69, 9.17) is 0 Å². The predicted octanol–water partition coefficient (Wildman–Crippen LogP) is 2.60. The average molecular weight is 298 g/mol. The van der Waals surface area contributed by atoms with Crippen molar-refractivity contribution in [3.05, 3.63) is 57.5 Å². The zero-order valence-corrected chi connectivity index (χ0v) is 12.2. The van der Waals surface area contributed by atoms with Crippen molar-refractivity contribution in [3.8, 4) is 5.75 Å². The molecule has 1 amide bonds. The largest absolute Gasteiger partial charge is 0.508 e. The Morgan fingerprint density at radius 3 is 2.59 bits per heavy atom. The Kier molecular flexibility index (Phi) is 3.96. The van der Waals surface area contributed by atoms with Crippen LogP contribution in [0, 0.1) is 0 Å². The van der Waals surface area contributed by atoms with E-state index in [2.05, 4.69) is 10.3 Å². The maximum absolute atomic E-state index is 12.5. The Morgan fingerprint density at radius 2 is 1.82 bits per heavy atom. The minimum Gasteiger partial charge on any atom is -0.508 e. The highest BCUT2D eigenvalue weighted by Crippen LogP contribution is 2.17. The molecule has 114 valence electrons. The van der Waals surface area contributed by atoms with Gasteiger partial charge in [-0.15, -0.1) is 0 Å². The van der Waals surface area contributed by atoms with E-state index < -0.39 is 5.91 Å². The molecule has 1 aromatic heterocycles. The molecule has 0 spiro atoms. The highest BCUT2D eigenvalue weighted by Gasteiger charge is 2.18. The number of amides is 1. The second kappa shape index (κ2) is 6.05. The number of benzene rings is 1. The SMILES string of the molecule is O=C(Nc1ccc(O)cc1)c1c[nH]c2c(c1=O)CCCCC2. The van der Waals surface area contributed by atoms with Gasteiger partial charge in [-0.05, 0) is 49.9 Å². The first-order valence-electron chi connectivity index (χ1n) is 7.49. The van der Waals surface area contributed by atoms with Gasteiger partial charge in [-0.25, -0.2) is 0 Å². The maximum atomic E-state index is 12.5. The molecule has 0 atom stereocenters. The lowest BCUT2D eigenvalue weighted by Gasteiger charge is -2.09. The smallest absolute Gasteiger partial charge is 0.261 e. The number of aryl methyl sites for hydroxylation is 1. The average Bonchev–Trinajstić information content (AvgIpc) is 2.76. The van der Waals surface area contributed by atoms with Crippen molar-refractivity contribution in [2.75, 3.05) is 5.32 Å². The summed E-state index contributed by atoms with van der Waals surface area (Å²) in [6.45, 7) is 0. The first-order valence-corrected chi connectivity index (χ1v) is 7.49. The van der Waals surface area contributed by atoms with Crippen molar-refractivity contribution in [2.45, 2.75) is 32.1 Å². The Bertz CT molecular complexity index is 747. The molecule has 5 heteroatoms. The molecular weight excluding hydrogens is 280 g/mol. The van der Waals surface area contributed by atoms with Crippen LogP contribution >= 0.6 is 0 Å². The minimum atomic E-state index is -0.431. The summed E-state index contributed by atoms with van der Waals surface area (Å²) in [7, 11) is 0. The Hall–Kier alpha value is -2.56. The predicted molar refractivity (Wildman–Crippen MR) is 84.4 cm³/mol. The molecule has 3 rings (SSSR count). The highest BCUT2D eigenvalue weighted by molar-refractivity contribution is 6.04. The molecule has 5 nitrogen and oxygen atoms in total. The van der Waals surface area contributed by atoms with Crippen LogP contribution in [0.4, 0.5) is 5.69 Å². The Balaban J connectivity index is 1.88. The molecule has 1 aromatic carbocycles. The monoisotopic (exact) mass is 298 g/mol. The summed E-state index contributed by atoms with van der Waals surface area (Å²) >= 11 is 0. The van der Waals surface area contributed by atoms with Crippen LogP contribution < -0.4 is 10.7 Å². The number of aromatic nitrogens is 1. The van der Waals surface area contributed by atoms with Gasteiger partial charge in [0, 0.05) is 23.1 Å². The number of carbonyl (C=O) groups excluding carboxylic acids is 1. The van der Waals surface area contributed by atoms with Crippen LogP contribution in [0.3, 0.4) is 0 Å². The second-order valence-corrected chi connectivity index (χ2v) is 5.55. The number of phenolic OH excluding ortho intramolecular Hbond substituents is 1. The van der Waals surface area contributed by atoms with E-state index in [-0.39, 0.29) is 16.7 Å². The van der Waals surface area contributed by atoms with Gasteiger partial charge in [-0.1, -0.05) is 6.42 Å². The van der Waals surface area contributed by atoms with Crippen molar-refractivity contribution in [1.29, 1.82) is 0 Å². The lowest BCUT2D eigenvalue weighted by molar-refractivity contribution is 0.102. The fourth-order valence-corrected chi connectivity index (χ4v) is 2.79. The molecule has 0 saturated carbocycles. The lowest BCUT2D eigenvalue weighted by Crippen LogP contribution is -2.25. The van der Waals surface area contributed by atoms with Gasteiger partial charge in [0.25, 0.3) is 5.91 Å². The normalized spacial score (nSPS) is 14.0. The number of phenols is 1. The standard InChI is InChI=1S/C17H18N2O3/c20-12-8-6-11(7-9-12)19-17(22)14-10-18-15-5-3-1-2-4-13(15)16(14)21/h6-10,20H,1-5H2,(H,18,21)(H,19,22). The number of hydrogen-bond donors (Lipinski definition) is 3. The number of aromatic amines is 1. The van der Waals surface area contributed by atoms with Crippen molar-refractivity contribution >= 4 is 11.6 Å². The van der Waals surface area contributed by atoms with Gasteiger partial charge in [0.15, 0.2) is 5.43 Å². The summed E-state index contributed by atoms with van der Waals surface area (Å²) in [6, 6.07) is 6.14. The van der Waals surface area contributed by atoms with Gasteiger partial charge >= 0.3 is 0 Å². The van der Waals surface area contributed by atoms with E-state index in [1.807, 2.05) is 0 Å². The molecule has 1 aliphatic rings. The number of pyridine rings is 1. The molecule has 22 heavy (non-hydrogen) atoms. The molecule has 0 aliphatic heterocycles. The number of carbonyl (C=O) groups is 1. The molecule has 1 aliphatic carbocycles. The van der Waals surface area contributed by atoms with Crippen LogP contribution in [-0.4, -0.2) is 16.0 Å². The fraction of sp³-hybridized carbons (Fsp3) is 0.294. The van der Waals surface area contributed by atoms with E-state index >= 15 is 0 Å². The fourth-order valence-electron chi connectivity index (χ4n) is 2.79. The molecule has 2 aromatic rings. The number of H-pyrrole nitrogens is 1. The summed E-state index contributed by atoms with van der Waals surface area (Å²) in [5.74, 6) is -0.306. The quantitative estimate of drug-likeness (QED) is 0.589. The van der Waals surface area contributed by atoms with Gasteiger partial charge in [-0.2, -0.15) is 0 Å². The number of rotatable bonds is 2. The molecule has 0 unspecified atom stereocenters. The second-order valence-electron chi connectivity index (χ2n) is 5.55. The number of hydrogen-bond acceptors (Lipinski definition) is 3. The summed E-state index contributed by atoms with van der Waals surface area (Å²) in [5, 5.41) is 11.9. The third kappa shape index (κ3) is 2.88. The lowest BCUT2D eigenvalue weighted by atomic mass is 10.1. The summed E-state index contributed by atoms with van der Waals surface area (Å²) < 4.78 is 0. The van der Waals surface area contributed by atoms with Crippen LogP contribution in [0.2, 0.25) is 0 Å². The maximum Gasteiger partial charge on any atom is 0.261 e. The molecular formula is C17H18N2O3. The summed E-state index contributed by atoms with van der Waals surface area (Å²) in [4.78, 5) is 27.9. The topological polar surface area (TPSA) is 82.2 Å². The number of nitrogens with one attached hydrogen (secondary N) is 2. The first-order chi connectivity index (χ1) is 10.6. The van der Waals surface area contributed by atoms with Crippen molar-refractivity contribution < 1.29 is 9.90 Å². The van der Waals surface area contributed by atoms with Crippen molar-refractivity contribution in [3.63, 3.8) is 0 Å². The third-order valence-corrected chi connectivity index (χ3v) is 4.00. The van der Waals surface area contributed by atoms with Gasteiger partial charge in [0.1, 0.15) is 11.3 Å².